The van der Waals surface area contributed by atoms with Gasteiger partial charge >= 0.3 is 0 Å². The molecule has 0 radical (unpaired) electrons. The zero-order chi connectivity index (χ0) is 19.7. The van der Waals surface area contributed by atoms with Crippen molar-refractivity contribution in [1.29, 1.82) is 0 Å². The highest BCUT2D eigenvalue weighted by Crippen LogP contribution is 2.48. The number of rotatable bonds is 1. The standard InChI is InChI=1S/C30H18/c1-2-9-19(10-3-1)27-23-14-6-4-13-22(23)26-18-17-20-11-8-16-24-21-12-5-7-15-25(21)29(27)30(26)28(20)24/h1-18H. The summed E-state index contributed by atoms with van der Waals surface area (Å²) in [6, 6.07) is 39.9. The van der Waals surface area contributed by atoms with E-state index in [1.807, 2.05) is 0 Å². The molecule has 7 aromatic carbocycles. The van der Waals surface area contributed by atoms with Crippen LogP contribution >= 0.6 is 0 Å². The second-order valence-corrected chi connectivity index (χ2v) is 8.10. The third-order valence-electron chi connectivity index (χ3n) is 6.58. The maximum absolute atomic E-state index is 2.32. The molecule has 0 N–H and O–H groups in total. The van der Waals surface area contributed by atoms with Crippen molar-refractivity contribution in [3.8, 4) is 11.1 Å². The van der Waals surface area contributed by atoms with E-state index in [1.54, 1.807) is 0 Å². The van der Waals surface area contributed by atoms with Gasteiger partial charge in [0.15, 0.2) is 0 Å². The fourth-order valence-corrected chi connectivity index (χ4v) is 5.39. The van der Waals surface area contributed by atoms with Crippen LogP contribution in [-0.2, 0) is 0 Å². The van der Waals surface area contributed by atoms with Gasteiger partial charge < -0.3 is 0 Å². The Morgan fingerprint density at radius 1 is 0.300 bits per heavy atom. The third-order valence-corrected chi connectivity index (χ3v) is 6.58. The van der Waals surface area contributed by atoms with Crippen LogP contribution < -0.4 is 0 Å². The summed E-state index contributed by atoms with van der Waals surface area (Å²) < 4.78 is 0. The molecule has 0 atom stereocenters. The van der Waals surface area contributed by atoms with Gasteiger partial charge in [0.05, 0.1) is 0 Å². The second-order valence-electron chi connectivity index (χ2n) is 8.10. The van der Waals surface area contributed by atoms with Gasteiger partial charge in [-0.25, -0.2) is 0 Å². The molecule has 0 aliphatic rings. The highest BCUT2D eigenvalue weighted by Gasteiger charge is 2.19. The largest absolute Gasteiger partial charge is 0.0622 e. The van der Waals surface area contributed by atoms with Crippen molar-refractivity contribution in [3.05, 3.63) is 109 Å². The van der Waals surface area contributed by atoms with E-state index in [0.717, 1.165) is 0 Å². The lowest BCUT2D eigenvalue weighted by atomic mass is 9.82. The number of fused-ring (bicyclic) bond motifs is 5. The molecule has 0 bridgehead atoms. The van der Waals surface area contributed by atoms with Gasteiger partial charge in [0, 0.05) is 0 Å². The summed E-state index contributed by atoms with van der Waals surface area (Å²) in [5, 5.41) is 13.4. The Labute approximate surface area is 174 Å². The summed E-state index contributed by atoms with van der Waals surface area (Å²) in [5.41, 5.74) is 2.62. The van der Waals surface area contributed by atoms with Crippen LogP contribution in [0.15, 0.2) is 109 Å². The predicted octanol–water partition coefficient (Wildman–Crippen LogP) is 8.56. The van der Waals surface area contributed by atoms with E-state index in [1.165, 1.54) is 65.0 Å². The van der Waals surface area contributed by atoms with Crippen molar-refractivity contribution in [2.24, 2.45) is 0 Å². The average Bonchev–Trinajstić information content (AvgIpc) is 2.83. The fourth-order valence-electron chi connectivity index (χ4n) is 5.39. The van der Waals surface area contributed by atoms with Crippen molar-refractivity contribution in [3.63, 3.8) is 0 Å². The van der Waals surface area contributed by atoms with Crippen molar-refractivity contribution >= 4 is 53.9 Å². The summed E-state index contributed by atoms with van der Waals surface area (Å²) in [4.78, 5) is 0. The van der Waals surface area contributed by atoms with Crippen LogP contribution in [0.25, 0.3) is 65.0 Å². The lowest BCUT2D eigenvalue weighted by Crippen LogP contribution is -1.92. The van der Waals surface area contributed by atoms with Crippen molar-refractivity contribution in [1.82, 2.24) is 0 Å². The zero-order valence-electron chi connectivity index (χ0n) is 16.4. The summed E-state index contributed by atoms with van der Waals surface area (Å²) in [7, 11) is 0. The molecule has 0 heteroatoms. The Morgan fingerprint density at radius 2 is 0.867 bits per heavy atom. The van der Waals surface area contributed by atoms with E-state index in [2.05, 4.69) is 109 Å². The number of benzene rings is 7. The quantitative estimate of drug-likeness (QED) is 0.198. The number of hydrogen-bond acceptors (Lipinski definition) is 0. The SMILES string of the molecule is c1ccc(-c2c3ccccc3c3ccc4cccc5c6ccccc6c2c3c45)cc1. The third kappa shape index (κ3) is 1.96. The van der Waals surface area contributed by atoms with E-state index >= 15 is 0 Å². The van der Waals surface area contributed by atoms with E-state index in [9.17, 15) is 0 Å². The molecule has 0 heterocycles. The van der Waals surface area contributed by atoms with Gasteiger partial charge in [-0.3, -0.25) is 0 Å². The van der Waals surface area contributed by atoms with Gasteiger partial charge in [0.25, 0.3) is 0 Å². The molecule has 0 nitrogen and oxygen atoms in total. The Kier molecular flexibility index (Phi) is 3.09. The molecule has 30 heavy (non-hydrogen) atoms. The van der Waals surface area contributed by atoms with E-state index in [-0.39, 0.29) is 0 Å². The molecule has 0 amide bonds. The molecular weight excluding hydrogens is 360 g/mol. The monoisotopic (exact) mass is 378 g/mol. The molecule has 0 aromatic heterocycles. The first-order valence-electron chi connectivity index (χ1n) is 10.5. The maximum Gasteiger partial charge on any atom is -0.000763 e. The molecule has 0 aliphatic heterocycles. The van der Waals surface area contributed by atoms with Crippen LogP contribution in [0.3, 0.4) is 0 Å². The molecule has 7 rings (SSSR count). The summed E-state index contributed by atoms with van der Waals surface area (Å²) in [6.07, 6.45) is 0. The van der Waals surface area contributed by atoms with Gasteiger partial charge in [0.1, 0.15) is 0 Å². The molecular formula is C30H18. The molecule has 0 saturated carbocycles. The normalized spacial score (nSPS) is 12.0. The van der Waals surface area contributed by atoms with Crippen LogP contribution in [0.2, 0.25) is 0 Å². The van der Waals surface area contributed by atoms with Gasteiger partial charge in [0.2, 0.25) is 0 Å². The highest BCUT2D eigenvalue weighted by molar-refractivity contribution is 6.40. The predicted molar refractivity (Wildman–Crippen MR) is 131 cm³/mol. The molecule has 0 spiro atoms. The summed E-state index contributed by atoms with van der Waals surface area (Å²) in [6.45, 7) is 0. The summed E-state index contributed by atoms with van der Waals surface area (Å²) in [5.74, 6) is 0. The van der Waals surface area contributed by atoms with Crippen LogP contribution in [0.5, 0.6) is 0 Å². The lowest BCUT2D eigenvalue weighted by molar-refractivity contribution is 1.68. The van der Waals surface area contributed by atoms with Gasteiger partial charge in [-0.05, 0) is 65.0 Å². The van der Waals surface area contributed by atoms with Crippen LogP contribution in [0.1, 0.15) is 0 Å². The fraction of sp³-hybridized carbons (Fsp3) is 0. The number of hydrogen-bond donors (Lipinski definition) is 0. The minimum absolute atomic E-state index is 1.27. The minimum Gasteiger partial charge on any atom is -0.0622 e. The maximum atomic E-state index is 2.32. The lowest BCUT2D eigenvalue weighted by Gasteiger charge is -2.20. The van der Waals surface area contributed by atoms with Crippen molar-refractivity contribution in [2.45, 2.75) is 0 Å². The Balaban J connectivity index is 1.94. The summed E-state index contributed by atoms with van der Waals surface area (Å²) >= 11 is 0. The van der Waals surface area contributed by atoms with Crippen LogP contribution in [0.4, 0.5) is 0 Å². The van der Waals surface area contributed by atoms with Gasteiger partial charge in [-0.1, -0.05) is 109 Å². The topological polar surface area (TPSA) is 0 Å². The molecule has 138 valence electrons. The van der Waals surface area contributed by atoms with Crippen molar-refractivity contribution in [2.75, 3.05) is 0 Å². The van der Waals surface area contributed by atoms with Crippen molar-refractivity contribution < 1.29 is 0 Å². The Hall–Kier alpha value is -3.90. The first kappa shape index (κ1) is 16.0. The highest BCUT2D eigenvalue weighted by atomic mass is 14.2. The van der Waals surface area contributed by atoms with E-state index < -0.39 is 0 Å². The smallest absolute Gasteiger partial charge is 0.000763 e. The van der Waals surface area contributed by atoms with Crippen LogP contribution in [-0.4, -0.2) is 0 Å². The molecule has 0 unspecified atom stereocenters. The van der Waals surface area contributed by atoms with Gasteiger partial charge in [-0.15, -0.1) is 0 Å². The van der Waals surface area contributed by atoms with Crippen LogP contribution in [0, 0.1) is 0 Å². The van der Waals surface area contributed by atoms with E-state index in [4.69, 9.17) is 0 Å². The first-order chi connectivity index (χ1) is 14.9. The second kappa shape index (κ2) is 5.81. The average molecular weight is 378 g/mol. The first-order valence-corrected chi connectivity index (χ1v) is 10.5. The molecule has 0 saturated heterocycles. The zero-order valence-corrected chi connectivity index (χ0v) is 16.4. The molecule has 0 aliphatic carbocycles. The Bertz CT molecular complexity index is 1720. The van der Waals surface area contributed by atoms with Gasteiger partial charge in [-0.2, -0.15) is 0 Å². The molecule has 0 fully saturated rings. The minimum atomic E-state index is 1.27. The molecule has 7 aromatic rings. The Morgan fingerprint density at radius 3 is 1.67 bits per heavy atom. The van der Waals surface area contributed by atoms with E-state index in [0.29, 0.717) is 0 Å².